The van der Waals surface area contributed by atoms with Crippen LogP contribution in [0.4, 0.5) is 16.2 Å². The number of carbonyl (C=O) groups is 1. The molecule has 0 fully saturated rings. The van der Waals surface area contributed by atoms with Crippen molar-refractivity contribution in [3.05, 3.63) is 65.3 Å². The van der Waals surface area contributed by atoms with Gasteiger partial charge in [-0.3, -0.25) is 5.32 Å². The maximum atomic E-state index is 11.3. The molecule has 2 N–H and O–H groups in total. The van der Waals surface area contributed by atoms with E-state index in [2.05, 4.69) is 20.4 Å². The molecule has 122 valence electrons. The van der Waals surface area contributed by atoms with E-state index in [9.17, 15) is 4.79 Å². The summed E-state index contributed by atoms with van der Waals surface area (Å²) in [4.78, 5) is 15.7. The predicted octanol–water partition coefficient (Wildman–Crippen LogP) is 4.68. The molecule has 0 aliphatic rings. The van der Waals surface area contributed by atoms with Crippen molar-refractivity contribution in [2.24, 2.45) is 0 Å². The maximum Gasteiger partial charge on any atom is 0.411 e. The van der Waals surface area contributed by atoms with Gasteiger partial charge in [-0.2, -0.15) is 0 Å². The predicted molar refractivity (Wildman–Crippen MR) is 96.5 cm³/mol. The summed E-state index contributed by atoms with van der Waals surface area (Å²) in [7, 11) is 1.33. The van der Waals surface area contributed by atoms with Gasteiger partial charge in [0.2, 0.25) is 0 Å². The van der Waals surface area contributed by atoms with Crippen LogP contribution in [0.25, 0.3) is 10.9 Å². The van der Waals surface area contributed by atoms with Crippen molar-refractivity contribution >= 4 is 40.0 Å². The number of nitrogens with zero attached hydrogens (tertiary/aromatic N) is 1. The molecular weight excluding hydrogens is 326 g/mol. The average Bonchev–Trinajstić information content (AvgIpc) is 2.60. The zero-order valence-corrected chi connectivity index (χ0v) is 13.8. The number of para-hydroxylation sites is 1. The first-order chi connectivity index (χ1) is 11.7. The molecule has 1 amide bonds. The number of carbonyl (C=O) groups excluding carboxylic acids is 1. The number of benzene rings is 2. The zero-order chi connectivity index (χ0) is 16.9. The standard InChI is InChI=1S/C18H16ClN3O2/c1-24-18(23)21-15-7-4-6-14(10-15)20-11-13-9-12-5-2-3-8-16(12)22-17(13)19/h2-10,20H,11H2,1H3,(H,21,23). The Morgan fingerprint density at radius 1 is 1.12 bits per heavy atom. The zero-order valence-electron chi connectivity index (χ0n) is 13.0. The first kappa shape index (κ1) is 16.1. The van der Waals surface area contributed by atoms with E-state index in [1.165, 1.54) is 7.11 Å². The number of rotatable bonds is 4. The van der Waals surface area contributed by atoms with E-state index in [0.29, 0.717) is 17.4 Å². The number of ether oxygens (including phenoxy) is 1. The average molecular weight is 342 g/mol. The molecule has 5 nitrogen and oxygen atoms in total. The van der Waals surface area contributed by atoms with E-state index in [1.807, 2.05) is 48.5 Å². The van der Waals surface area contributed by atoms with Gasteiger partial charge in [0.05, 0.1) is 12.6 Å². The molecule has 1 aromatic heterocycles. The van der Waals surface area contributed by atoms with E-state index in [-0.39, 0.29) is 0 Å². The summed E-state index contributed by atoms with van der Waals surface area (Å²) in [5.41, 5.74) is 3.28. The first-order valence-corrected chi connectivity index (χ1v) is 7.76. The van der Waals surface area contributed by atoms with Crippen molar-refractivity contribution in [3.63, 3.8) is 0 Å². The number of fused-ring (bicyclic) bond motifs is 1. The number of methoxy groups -OCH3 is 1. The Labute approximate surface area is 144 Å². The van der Waals surface area contributed by atoms with Gasteiger partial charge < -0.3 is 10.1 Å². The van der Waals surface area contributed by atoms with Crippen molar-refractivity contribution in [2.45, 2.75) is 6.54 Å². The summed E-state index contributed by atoms with van der Waals surface area (Å²) in [6, 6.07) is 17.2. The van der Waals surface area contributed by atoms with Gasteiger partial charge >= 0.3 is 6.09 Å². The number of halogens is 1. The third-order valence-corrected chi connectivity index (χ3v) is 3.85. The van der Waals surface area contributed by atoms with Gasteiger partial charge in [0.15, 0.2) is 0 Å². The highest BCUT2D eigenvalue weighted by Crippen LogP contribution is 2.22. The Morgan fingerprint density at radius 3 is 2.75 bits per heavy atom. The van der Waals surface area contributed by atoms with E-state index in [0.717, 1.165) is 22.2 Å². The van der Waals surface area contributed by atoms with Crippen LogP contribution >= 0.6 is 11.6 Å². The van der Waals surface area contributed by atoms with E-state index in [4.69, 9.17) is 11.6 Å². The smallest absolute Gasteiger partial charge is 0.411 e. The number of pyridine rings is 1. The highest BCUT2D eigenvalue weighted by Gasteiger charge is 2.06. The van der Waals surface area contributed by atoms with Crippen LogP contribution < -0.4 is 10.6 Å². The van der Waals surface area contributed by atoms with E-state index in [1.54, 1.807) is 6.07 Å². The second-order valence-corrected chi connectivity index (χ2v) is 5.54. The summed E-state index contributed by atoms with van der Waals surface area (Å²) in [6.45, 7) is 0.526. The number of hydrogen-bond acceptors (Lipinski definition) is 4. The monoisotopic (exact) mass is 341 g/mol. The van der Waals surface area contributed by atoms with Gasteiger partial charge in [0.25, 0.3) is 0 Å². The Hall–Kier alpha value is -2.79. The molecule has 2 aromatic carbocycles. The fraction of sp³-hybridized carbons (Fsp3) is 0.111. The maximum absolute atomic E-state index is 11.3. The molecule has 3 rings (SSSR count). The van der Waals surface area contributed by atoms with Crippen molar-refractivity contribution in [2.75, 3.05) is 17.7 Å². The molecule has 0 saturated carbocycles. The van der Waals surface area contributed by atoms with Crippen LogP contribution in [0.1, 0.15) is 5.56 Å². The lowest BCUT2D eigenvalue weighted by molar-refractivity contribution is 0.187. The normalized spacial score (nSPS) is 10.4. The third kappa shape index (κ3) is 3.75. The Balaban J connectivity index is 1.75. The van der Waals surface area contributed by atoms with Crippen LogP contribution in [0.3, 0.4) is 0 Å². The fourth-order valence-electron chi connectivity index (χ4n) is 2.33. The summed E-state index contributed by atoms with van der Waals surface area (Å²) >= 11 is 6.26. The van der Waals surface area contributed by atoms with Crippen LogP contribution in [-0.2, 0) is 11.3 Å². The van der Waals surface area contributed by atoms with Crippen LogP contribution in [0, 0.1) is 0 Å². The fourth-order valence-corrected chi connectivity index (χ4v) is 2.55. The van der Waals surface area contributed by atoms with Gasteiger partial charge in [-0.1, -0.05) is 35.9 Å². The van der Waals surface area contributed by atoms with Crippen molar-refractivity contribution in [1.82, 2.24) is 4.98 Å². The quantitative estimate of drug-likeness (QED) is 0.676. The number of aromatic nitrogens is 1. The lowest BCUT2D eigenvalue weighted by Crippen LogP contribution is -2.11. The highest BCUT2D eigenvalue weighted by molar-refractivity contribution is 6.30. The molecule has 0 bridgehead atoms. The highest BCUT2D eigenvalue weighted by atomic mass is 35.5. The van der Waals surface area contributed by atoms with Crippen LogP contribution in [-0.4, -0.2) is 18.2 Å². The van der Waals surface area contributed by atoms with Crippen LogP contribution in [0.5, 0.6) is 0 Å². The molecule has 1 heterocycles. The van der Waals surface area contributed by atoms with Gasteiger partial charge in [0, 0.05) is 28.9 Å². The lowest BCUT2D eigenvalue weighted by Gasteiger charge is -2.11. The summed E-state index contributed by atoms with van der Waals surface area (Å²) in [6.07, 6.45) is -0.506. The Bertz CT molecular complexity index is 883. The molecule has 0 spiro atoms. The largest absolute Gasteiger partial charge is 0.453 e. The SMILES string of the molecule is COC(=O)Nc1cccc(NCc2cc3ccccc3nc2Cl)c1. The molecule has 0 unspecified atom stereocenters. The Morgan fingerprint density at radius 2 is 1.92 bits per heavy atom. The van der Waals surface area contributed by atoms with Crippen molar-refractivity contribution in [3.8, 4) is 0 Å². The molecule has 0 atom stereocenters. The molecule has 6 heteroatoms. The minimum absolute atomic E-state index is 0.477. The first-order valence-electron chi connectivity index (χ1n) is 7.39. The van der Waals surface area contributed by atoms with Gasteiger partial charge in [-0.15, -0.1) is 0 Å². The molecule has 3 aromatic rings. The summed E-state index contributed by atoms with van der Waals surface area (Å²) in [5, 5.41) is 7.43. The van der Waals surface area contributed by atoms with E-state index < -0.39 is 6.09 Å². The molecule has 0 saturated heterocycles. The number of nitrogens with one attached hydrogen (secondary N) is 2. The summed E-state index contributed by atoms with van der Waals surface area (Å²) < 4.78 is 4.58. The molecule has 24 heavy (non-hydrogen) atoms. The van der Waals surface area contributed by atoms with Gasteiger partial charge in [-0.25, -0.2) is 9.78 Å². The number of hydrogen-bond donors (Lipinski definition) is 2. The minimum atomic E-state index is -0.506. The van der Waals surface area contributed by atoms with E-state index >= 15 is 0 Å². The second-order valence-electron chi connectivity index (χ2n) is 5.18. The summed E-state index contributed by atoms with van der Waals surface area (Å²) in [5.74, 6) is 0. The van der Waals surface area contributed by atoms with Gasteiger partial charge in [-0.05, 0) is 30.3 Å². The molecule has 0 aliphatic carbocycles. The molecular formula is C18H16ClN3O2. The van der Waals surface area contributed by atoms with Crippen molar-refractivity contribution in [1.29, 1.82) is 0 Å². The number of amides is 1. The van der Waals surface area contributed by atoms with Crippen LogP contribution in [0.15, 0.2) is 54.6 Å². The van der Waals surface area contributed by atoms with Crippen molar-refractivity contribution < 1.29 is 9.53 Å². The second kappa shape index (κ2) is 7.19. The molecule has 0 radical (unpaired) electrons. The van der Waals surface area contributed by atoms with Crippen LogP contribution in [0.2, 0.25) is 5.15 Å². The van der Waals surface area contributed by atoms with Gasteiger partial charge in [0.1, 0.15) is 5.15 Å². The molecule has 0 aliphatic heterocycles. The Kier molecular flexibility index (Phi) is 4.82. The topological polar surface area (TPSA) is 63.2 Å². The number of anilines is 2. The lowest BCUT2D eigenvalue weighted by atomic mass is 10.1. The third-order valence-electron chi connectivity index (χ3n) is 3.53. The minimum Gasteiger partial charge on any atom is -0.453 e.